The molecular weight excluding hydrogens is 464 g/mol. The number of amides is 2. The molecule has 0 saturated heterocycles. The highest BCUT2D eigenvalue weighted by molar-refractivity contribution is 7.13. The number of halogens is 1. The molecule has 4 rings (SSSR count). The monoisotopic (exact) mass is 480 g/mol. The Kier molecular flexibility index (Phi) is 6.82. The Morgan fingerprint density at radius 1 is 0.970 bits per heavy atom. The van der Waals surface area contributed by atoms with Crippen molar-refractivity contribution >= 4 is 40.7 Å². The summed E-state index contributed by atoms with van der Waals surface area (Å²) in [7, 11) is 0. The van der Waals surface area contributed by atoms with Crippen LogP contribution in [0.4, 0.5) is 0 Å². The van der Waals surface area contributed by atoms with E-state index < -0.39 is 24.4 Å². The number of esters is 1. The van der Waals surface area contributed by atoms with E-state index in [1.54, 1.807) is 36.4 Å². The molecule has 0 aliphatic carbocycles. The van der Waals surface area contributed by atoms with Gasteiger partial charge in [0.15, 0.2) is 12.3 Å². The number of carbonyl (C=O) groups is 3. The zero-order valence-corrected chi connectivity index (χ0v) is 18.6. The lowest BCUT2D eigenvalue weighted by molar-refractivity contribution is -0.125. The summed E-state index contributed by atoms with van der Waals surface area (Å²) in [6, 6.07) is 20.8. The van der Waals surface area contributed by atoms with Gasteiger partial charge in [0.25, 0.3) is 11.8 Å². The van der Waals surface area contributed by atoms with Crippen LogP contribution < -0.4 is 10.9 Å². The van der Waals surface area contributed by atoms with Gasteiger partial charge in [-0.1, -0.05) is 41.9 Å². The van der Waals surface area contributed by atoms with E-state index in [2.05, 4.69) is 16.0 Å². The summed E-state index contributed by atoms with van der Waals surface area (Å²) in [5.41, 5.74) is 6.17. The van der Waals surface area contributed by atoms with Crippen LogP contribution in [0.1, 0.15) is 20.8 Å². The van der Waals surface area contributed by atoms with E-state index in [-0.39, 0.29) is 11.3 Å². The maximum Gasteiger partial charge on any atom is 0.357 e. The van der Waals surface area contributed by atoms with Crippen molar-refractivity contribution in [3.63, 3.8) is 0 Å². The first-order valence-electron chi connectivity index (χ1n) is 9.72. The smallest absolute Gasteiger partial charge is 0.357 e. The average molecular weight is 481 g/mol. The number of nitrogens with zero attached hydrogens (tertiary/aromatic N) is 2. The second-order valence-electron chi connectivity index (χ2n) is 6.73. The number of aromatic nitrogens is 2. The van der Waals surface area contributed by atoms with E-state index in [1.807, 2.05) is 35.7 Å². The normalized spacial score (nSPS) is 10.5. The third kappa shape index (κ3) is 5.46. The third-order valence-corrected chi connectivity index (χ3v) is 5.56. The van der Waals surface area contributed by atoms with Crippen LogP contribution in [0, 0.1) is 0 Å². The highest BCUT2D eigenvalue weighted by Crippen LogP contribution is 2.26. The molecule has 0 aliphatic rings. The quantitative estimate of drug-likeness (QED) is 0.322. The SMILES string of the molecule is O=C(COC(=O)c1cc(-c2cccs2)nn1-c1ccccc1)NNC(=O)c1cccc(Cl)c1. The maximum atomic E-state index is 12.8. The number of para-hydroxylation sites is 1. The molecule has 166 valence electrons. The van der Waals surface area contributed by atoms with E-state index in [1.165, 1.54) is 22.1 Å². The summed E-state index contributed by atoms with van der Waals surface area (Å²) in [5, 5.41) is 6.83. The molecule has 0 spiro atoms. The van der Waals surface area contributed by atoms with Crippen molar-refractivity contribution in [2.24, 2.45) is 0 Å². The average Bonchev–Trinajstić information content (AvgIpc) is 3.52. The Balaban J connectivity index is 1.41. The number of hydrazine groups is 1. The van der Waals surface area contributed by atoms with Gasteiger partial charge in [0.05, 0.1) is 10.6 Å². The van der Waals surface area contributed by atoms with E-state index in [0.29, 0.717) is 16.4 Å². The van der Waals surface area contributed by atoms with Crippen molar-refractivity contribution in [2.75, 3.05) is 6.61 Å². The lowest BCUT2D eigenvalue weighted by Gasteiger charge is -2.09. The Labute approximate surface area is 197 Å². The minimum absolute atomic E-state index is 0.167. The minimum Gasteiger partial charge on any atom is -0.451 e. The molecule has 0 bridgehead atoms. The maximum absolute atomic E-state index is 12.8. The molecule has 2 amide bonds. The predicted molar refractivity (Wildman–Crippen MR) is 124 cm³/mol. The first-order valence-corrected chi connectivity index (χ1v) is 11.0. The molecule has 0 aliphatic heterocycles. The van der Waals surface area contributed by atoms with Crippen molar-refractivity contribution in [2.45, 2.75) is 0 Å². The summed E-state index contributed by atoms with van der Waals surface area (Å²) in [4.78, 5) is 37.8. The van der Waals surface area contributed by atoms with Crippen molar-refractivity contribution in [3.8, 4) is 16.3 Å². The largest absolute Gasteiger partial charge is 0.451 e. The Morgan fingerprint density at radius 3 is 2.52 bits per heavy atom. The van der Waals surface area contributed by atoms with Gasteiger partial charge >= 0.3 is 5.97 Å². The van der Waals surface area contributed by atoms with Crippen molar-refractivity contribution in [1.29, 1.82) is 0 Å². The van der Waals surface area contributed by atoms with E-state index in [4.69, 9.17) is 16.3 Å². The lowest BCUT2D eigenvalue weighted by Crippen LogP contribution is -2.43. The number of rotatable bonds is 6. The van der Waals surface area contributed by atoms with Gasteiger partial charge in [-0.15, -0.1) is 11.3 Å². The molecule has 2 heterocycles. The molecule has 0 fully saturated rings. The molecule has 2 aromatic heterocycles. The van der Waals surface area contributed by atoms with Crippen LogP contribution in [-0.4, -0.2) is 34.2 Å². The van der Waals surface area contributed by atoms with E-state index in [0.717, 1.165) is 4.88 Å². The molecule has 0 radical (unpaired) electrons. The number of ether oxygens (including phenoxy) is 1. The number of carbonyl (C=O) groups excluding carboxylic acids is 3. The predicted octanol–water partition coefficient (Wildman–Crippen LogP) is 3.87. The van der Waals surface area contributed by atoms with Crippen LogP contribution in [-0.2, 0) is 9.53 Å². The fourth-order valence-electron chi connectivity index (χ4n) is 2.91. The number of hydrogen-bond acceptors (Lipinski definition) is 6. The summed E-state index contributed by atoms with van der Waals surface area (Å²) in [6.45, 7) is -0.594. The molecule has 0 saturated carbocycles. The lowest BCUT2D eigenvalue weighted by atomic mass is 10.2. The summed E-state index contributed by atoms with van der Waals surface area (Å²) >= 11 is 7.35. The van der Waals surface area contributed by atoms with Crippen LogP contribution in [0.3, 0.4) is 0 Å². The first kappa shape index (κ1) is 22.3. The fraction of sp³-hybridized carbons (Fsp3) is 0.0435. The Bertz CT molecular complexity index is 1290. The van der Waals surface area contributed by atoms with Crippen LogP contribution in [0.2, 0.25) is 5.02 Å². The Morgan fingerprint density at radius 2 is 1.79 bits per heavy atom. The van der Waals surface area contributed by atoms with E-state index >= 15 is 0 Å². The van der Waals surface area contributed by atoms with Crippen molar-refractivity contribution in [3.05, 3.63) is 94.5 Å². The van der Waals surface area contributed by atoms with E-state index in [9.17, 15) is 14.4 Å². The second-order valence-corrected chi connectivity index (χ2v) is 8.11. The number of thiophene rings is 1. The molecule has 2 N–H and O–H groups in total. The van der Waals surface area contributed by atoms with Gasteiger partial charge in [-0.2, -0.15) is 5.10 Å². The van der Waals surface area contributed by atoms with Crippen LogP contribution >= 0.6 is 22.9 Å². The molecule has 0 atom stereocenters. The van der Waals surface area contributed by atoms with Gasteiger partial charge in [0.2, 0.25) is 0 Å². The first-order chi connectivity index (χ1) is 16.0. The van der Waals surface area contributed by atoms with Crippen LogP contribution in [0.15, 0.2) is 78.2 Å². The topological polar surface area (TPSA) is 102 Å². The van der Waals surface area contributed by atoms with Gasteiger partial charge < -0.3 is 4.74 Å². The highest BCUT2D eigenvalue weighted by Gasteiger charge is 2.20. The summed E-state index contributed by atoms with van der Waals surface area (Å²) < 4.78 is 6.63. The third-order valence-electron chi connectivity index (χ3n) is 4.43. The minimum atomic E-state index is -0.731. The second kappa shape index (κ2) is 10.1. The molecule has 10 heteroatoms. The number of benzene rings is 2. The summed E-state index contributed by atoms with van der Waals surface area (Å²) in [6.07, 6.45) is 0. The van der Waals surface area contributed by atoms with Gasteiger partial charge in [0.1, 0.15) is 5.69 Å². The fourth-order valence-corrected chi connectivity index (χ4v) is 3.78. The van der Waals surface area contributed by atoms with Gasteiger partial charge in [-0.3, -0.25) is 20.4 Å². The number of hydrogen-bond donors (Lipinski definition) is 2. The molecule has 4 aromatic rings. The summed E-state index contributed by atoms with van der Waals surface area (Å²) in [5.74, 6) is -1.99. The van der Waals surface area contributed by atoms with Gasteiger partial charge in [-0.05, 0) is 41.8 Å². The molecule has 0 unspecified atom stereocenters. The molecule has 8 nitrogen and oxygen atoms in total. The standard InChI is InChI=1S/C23H17ClN4O4S/c24-16-7-4-6-15(12-16)22(30)26-25-21(29)14-32-23(31)19-13-18(20-10-5-11-33-20)27-28(19)17-8-2-1-3-9-17/h1-13H,14H2,(H,25,29)(H,26,30). The van der Waals surface area contributed by atoms with Gasteiger partial charge in [0, 0.05) is 16.7 Å². The van der Waals surface area contributed by atoms with Crippen molar-refractivity contribution < 1.29 is 19.1 Å². The molecule has 2 aromatic carbocycles. The molecular formula is C23H17ClN4O4S. The highest BCUT2D eigenvalue weighted by atomic mass is 35.5. The van der Waals surface area contributed by atoms with Gasteiger partial charge in [-0.25, -0.2) is 9.48 Å². The van der Waals surface area contributed by atoms with Crippen molar-refractivity contribution in [1.82, 2.24) is 20.6 Å². The molecule has 33 heavy (non-hydrogen) atoms. The Hall–Kier alpha value is -3.95. The van der Waals surface area contributed by atoms with Crippen LogP contribution in [0.25, 0.3) is 16.3 Å². The zero-order chi connectivity index (χ0) is 23.2. The zero-order valence-electron chi connectivity index (χ0n) is 17.0. The number of nitrogens with one attached hydrogen (secondary N) is 2. The van der Waals surface area contributed by atoms with Crippen LogP contribution in [0.5, 0.6) is 0 Å².